The molecule has 0 bridgehead atoms. The molecule has 2 saturated heterocycles. The van der Waals surface area contributed by atoms with Crippen LogP contribution in [0.2, 0.25) is 0 Å². The van der Waals surface area contributed by atoms with Gasteiger partial charge in [0.15, 0.2) is 0 Å². The van der Waals surface area contributed by atoms with Crippen molar-refractivity contribution in [2.24, 2.45) is 0 Å². The molecule has 0 aromatic carbocycles. The number of aromatic nitrogens is 1. The minimum Gasteiger partial charge on any atom is -0.368 e. The van der Waals surface area contributed by atoms with Crippen molar-refractivity contribution in [3.63, 3.8) is 0 Å². The molecule has 124 valence electrons. The minimum absolute atomic E-state index is 0.000901. The zero-order valence-electron chi connectivity index (χ0n) is 13.5. The molecular formula is C16H23N5O2. The summed E-state index contributed by atoms with van der Waals surface area (Å²) in [6.07, 6.45) is 4.30. The lowest BCUT2D eigenvalue weighted by Crippen LogP contribution is -2.48. The number of likely N-dealkylation sites (N-methyl/N-ethyl adjacent to an activating group) is 1. The van der Waals surface area contributed by atoms with Gasteiger partial charge in [-0.05, 0) is 13.1 Å². The number of pyridine rings is 1. The van der Waals surface area contributed by atoms with E-state index in [2.05, 4.69) is 21.8 Å². The van der Waals surface area contributed by atoms with Crippen molar-refractivity contribution in [3.8, 4) is 0 Å². The zero-order valence-corrected chi connectivity index (χ0v) is 13.5. The Kier molecular flexibility index (Phi) is 4.76. The molecule has 3 heterocycles. The van der Waals surface area contributed by atoms with Crippen molar-refractivity contribution in [1.29, 1.82) is 0 Å². The zero-order chi connectivity index (χ0) is 16.2. The van der Waals surface area contributed by atoms with E-state index in [1.807, 2.05) is 12.3 Å². The molecule has 7 nitrogen and oxygen atoms in total. The van der Waals surface area contributed by atoms with Crippen LogP contribution in [0.4, 0.5) is 5.69 Å². The number of nitrogens with zero attached hydrogens (tertiary/aromatic N) is 5. The molecule has 0 unspecified atom stereocenters. The smallest absolute Gasteiger partial charge is 0.255 e. The molecule has 3 rings (SSSR count). The number of rotatable bonds is 3. The predicted octanol–water partition coefficient (Wildman–Crippen LogP) is -0.252. The third kappa shape index (κ3) is 3.61. The molecule has 23 heavy (non-hydrogen) atoms. The van der Waals surface area contributed by atoms with Crippen LogP contribution in [0.3, 0.4) is 0 Å². The molecule has 2 aliphatic rings. The Bertz CT molecular complexity index is 563. The summed E-state index contributed by atoms with van der Waals surface area (Å²) in [5.41, 5.74) is 1.64. The Balaban J connectivity index is 1.67. The van der Waals surface area contributed by atoms with Gasteiger partial charge in [-0.15, -0.1) is 0 Å². The highest BCUT2D eigenvalue weighted by molar-refractivity contribution is 5.95. The van der Waals surface area contributed by atoms with Crippen LogP contribution in [0.5, 0.6) is 0 Å². The Labute approximate surface area is 136 Å². The molecule has 1 aromatic heterocycles. The van der Waals surface area contributed by atoms with E-state index in [9.17, 15) is 9.59 Å². The number of carbonyl (C=O) groups excluding carboxylic acids is 2. The topological polar surface area (TPSA) is 60.0 Å². The van der Waals surface area contributed by atoms with Crippen molar-refractivity contribution in [1.82, 2.24) is 19.7 Å². The molecular weight excluding hydrogens is 294 g/mol. The Morgan fingerprint density at radius 2 is 1.74 bits per heavy atom. The Morgan fingerprint density at radius 3 is 2.39 bits per heavy atom. The highest BCUT2D eigenvalue weighted by atomic mass is 16.2. The summed E-state index contributed by atoms with van der Waals surface area (Å²) < 4.78 is 0. The van der Waals surface area contributed by atoms with Gasteiger partial charge in [0.25, 0.3) is 5.91 Å². The summed E-state index contributed by atoms with van der Waals surface area (Å²) in [5, 5.41) is 0. The highest BCUT2D eigenvalue weighted by Crippen LogP contribution is 2.18. The predicted molar refractivity (Wildman–Crippen MR) is 87.5 cm³/mol. The number of hydrogen-bond donors (Lipinski definition) is 0. The van der Waals surface area contributed by atoms with Crippen LogP contribution in [0.1, 0.15) is 10.4 Å². The molecule has 0 aliphatic carbocycles. The van der Waals surface area contributed by atoms with Gasteiger partial charge in [0.1, 0.15) is 0 Å². The largest absolute Gasteiger partial charge is 0.368 e. The van der Waals surface area contributed by atoms with Crippen molar-refractivity contribution < 1.29 is 9.59 Å². The second-order valence-corrected chi connectivity index (χ2v) is 6.16. The van der Waals surface area contributed by atoms with E-state index >= 15 is 0 Å². The fraction of sp³-hybridized carbons (Fsp3) is 0.562. The Hall–Kier alpha value is -2.15. The summed E-state index contributed by atoms with van der Waals surface area (Å²) in [4.78, 5) is 35.7. The van der Waals surface area contributed by atoms with Crippen molar-refractivity contribution in [3.05, 3.63) is 24.0 Å². The molecule has 0 N–H and O–H groups in total. The van der Waals surface area contributed by atoms with Gasteiger partial charge in [0.2, 0.25) is 6.41 Å². The summed E-state index contributed by atoms with van der Waals surface area (Å²) in [6, 6.07) is 1.94. The highest BCUT2D eigenvalue weighted by Gasteiger charge is 2.22. The lowest BCUT2D eigenvalue weighted by Gasteiger charge is -2.34. The van der Waals surface area contributed by atoms with Crippen LogP contribution in [0.15, 0.2) is 18.5 Å². The van der Waals surface area contributed by atoms with Gasteiger partial charge < -0.3 is 19.6 Å². The van der Waals surface area contributed by atoms with Crippen LogP contribution in [0.25, 0.3) is 0 Å². The lowest BCUT2D eigenvalue weighted by atomic mass is 10.2. The van der Waals surface area contributed by atoms with Gasteiger partial charge in [-0.3, -0.25) is 14.6 Å². The first-order chi connectivity index (χ1) is 11.2. The molecule has 0 atom stereocenters. The van der Waals surface area contributed by atoms with Crippen LogP contribution < -0.4 is 4.90 Å². The minimum atomic E-state index is -0.000901. The van der Waals surface area contributed by atoms with Crippen LogP contribution in [-0.2, 0) is 4.79 Å². The van der Waals surface area contributed by atoms with Crippen LogP contribution in [0, 0.1) is 0 Å². The summed E-state index contributed by atoms with van der Waals surface area (Å²) in [5.74, 6) is -0.000901. The fourth-order valence-corrected chi connectivity index (χ4v) is 3.00. The monoisotopic (exact) mass is 317 g/mol. The van der Waals surface area contributed by atoms with Crippen LogP contribution >= 0.6 is 0 Å². The number of piperazine rings is 2. The molecule has 7 heteroatoms. The summed E-state index contributed by atoms with van der Waals surface area (Å²) in [7, 11) is 2.12. The first kappa shape index (κ1) is 15.7. The van der Waals surface area contributed by atoms with Gasteiger partial charge in [0, 0.05) is 58.6 Å². The van der Waals surface area contributed by atoms with E-state index in [0.29, 0.717) is 31.7 Å². The number of anilines is 1. The van der Waals surface area contributed by atoms with Gasteiger partial charge in [0.05, 0.1) is 17.4 Å². The molecule has 1 aromatic rings. The quantitative estimate of drug-likeness (QED) is 0.720. The number of amides is 2. The standard InChI is InChI=1S/C16H23N5O2/c1-18-2-6-20(7-3-18)15-10-14(11-17-12-15)16(23)21-8-4-19(13-22)5-9-21/h10-13H,2-9H2,1H3. The molecule has 0 saturated carbocycles. The third-order valence-electron chi connectivity index (χ3n) is 4.59. The van der Waals surface area contributed by atoms with E-state index in [1.165, 1.54) is 0 Å². The maximum atomic E-state index is 12.6. The van der Waals surface area contributed by atoms with E-state index in [4.69, 9.17) is 0 Å². The third-order valence-corrected chi connectivity index (χ3v) is 4.59. The SMILES string of the molecule is CN1CCN(c2cncc(C(=O)N3CCN(C=O)CC3)c2)CC1. The Morgan fingerprint density at radius 1 is 1.04 bits per heavy atom. The lowest BCUT2D eigenvalue weighted by molar-refractivity contribution is -0.119. The molecule has 2 fully saturated rings. The van der Waals surface area contributed by atoms with E-state index in [1.54, 1.807) is 16.0 Å². The molecule has 0 spiro atoms. The van der Waals surface area contributed by atoms with Gasteiger partial charge in [-0.2, -0.15) is 0 Å². The maximum Gasteiger partial charge on any atom is 0.255 e. The van der Waals surface area contributed by atoms with Gasteiger partial charge >= 0.3 is 0 Å². The fourth-order valence-electron chi connectivity index (χ4n) is 3.00. The molecule has 2 amide bonds. The van der Waals surface area contributed by atoms with Crippen molar-refractivity contribution in [2.45, 2.75) is 0 Å². The van der Waals surface area contributed by atoms with Crippen molar-refractivity contribution in [2.75, 3.05) is 64.3 Å². The van der Waals surface area contributed by atoms with E-state index < -0.39 is 0 Å². The molecule has 0 radical (unpaired) electrons. The summed E-state index contributed by atoms with van der Waals surface area (Å²) in [6.45, 7) is 6.30. The van der Waals surface area contributed by atoms with Gasteiger partial charge in [-0.1, -0.05) is 0 Å². The molecule has 2 aliphatic heterocycles. The number of hydrogen-bond acceptors (Lipinski definition) is 5. The normalized spacial score (nSPS) is 19.8. The first-order valence-corrected chi connectivity index (χ1v) is 8.04. The first-order valence-electron chi connectivity index (χ1n) is 8.04. The van der Waals surface area contributed by atoms with Crippen molar-refractivity contribution >= 4 is 18.0 Å². The average molecular weight is 317 g/mol. The van der Waals surface area contributed by atoms with E-state index in [-0.39, 0.29) is 5.91 Å². The van der Waals surface area contributed by atoms with E-state index in [0.717, 1.165) is 38.3 Å². The van der Waals surface area contributed by atoms with Crippen LogP contribution in [-0.4, -0.2) is 91.4 Å². The number of carbonyl (C=O) groups is 2. The summed E-state index contributed by atoms with van der Waals surface area (Å²) >= 11 is 0. The average Bonchev–Trinajstić information content (AvgIpc) is 2.62. The maximum absolute atomic E-state index is 12.6. The second-order valence-electron chi connectivity index (χ2n) is 6.16. The van der Waals surface area contributed by atoms with Gasteiger partial charge in [-0.25, -0.2) is 0 Å². The second kappa shape index (κ2) is 6.95.